The average Bonchev–Trinajstić information content (AvgIpc) is 2.92. The zero-order valence-corrected chi connectivity index (χ0v) is 22.7. The number of amides is 1. The van der Waals surface area contributed by atoms with Crippen molar-refractivity contribution < 1.29 is 4.79 Å². The maximum atomic E-state index is 12.7. The van der Waals surface area contributed by atoms with Gasteiger partial charge in [-0.2, -0.15) is 0 Å². The minimum Gasteiger partial charge on any atom is -0.393 e. The van der Waals surface area contributed by atoms with Gasteiger partial charge in [0.15, 0.2) is 11.0 Å². The van der Waals surface area contributed by atoms with Gasteiger partial charge in [0.2, 0.25) is 5.91 Å². The number of likely N-dealkylation sites (tertiary alicyclic amines) is 1. The molecule has 1 aromatic heterocycles. The molecule has 0 saturated carbocycles. The number of piperazine rings is 1. The Balaban J connectivity index is 1.37. The van der Waals surface area contributed by atoms with E-state index in [1.807, 2.05) is 24.3 Å². The van der Waals surface area contributed by atoms with E-state index in [0.29, 0.717) is 11.5 Å². The minimum atomic E-state index is 0.0735. The molecule has 2 aromatic carbocycles. The van der Waals surface area contributed by atoms with Crippen LogP contribution in [0.3, 0.4) is 0 Å². The molecule has 5 rings (SSSR count). The number of aromatic nitrogens is 2. The van der Waals surface area contributed by atoms with Gasteiger partial charge in [-0.3, -0.25) is 4.79 Å². The third-order valence-electron chi connectivity index (χ3n) is 7.50. The molecule has 0 aliphatic carbocycles. The maximum absolute atomic E-state index is 12.7. The lowest BCUT2D eigenvalue weighted by atomic mass is 9.96. The molecule has 0 radical (unpaired) electrons. The number of nitrogens with one attached hydrogen (secondary N) is 2. The number of nitrogen functional groups attached to an aromatic ring is 1. The highest BCUT2D eigenvalue weighted by Crippen LogP contribution is 2.36. The van der Waals surface area contributed by atoms with E-state index >= 15 is 0 Å². The number of hydrogen-bond donors (Lipinski definition) is 3. The summed E-state index contributed by atoms with van der Waals surface area (Å²) in [5, 5.41) is 6.72. The Hall–Kier alpha value is -3.40. The van der Waals surface area contributed by atoms with E-state index in [1.165, 1.54) is 6.33 Å². The molecular weight excluding hydrogens is 500 g/mol. The summed E-state index contributed by atoms with van der Waals surface area (Å²) in [6.07, 6.45) is 3.20. The van der Waals surface area contributed by atoms with Gasteiger partial charge < -0.3 is 31.1 Å². The second kappa shape index (κ2) is 11.6. The molecule has 2 saturated heterocycles. The molecule has 2 aliphatic rings. The van der Waals surface area contributed by atoms with Gasteiger partial charge in [-0.15, -0.1) is 0 Å². The van der Waals surface area contributed by atoms with Crippen LogP contribution in [0.5, 0.6) is 0 Å². The van der Waals surface area contributed by atoms with Gasteiger partial charge in [-0.05, 0) is 75.4 Å². The van der Waals surface area contributed by atoms with Crippen molar-refractivity contribution in [3.8, 4) is 11.1 Å². The Morgan fingerprint density at radius 2 is 1.58 bits per heavy atom. The molecule has 1 amide bonds. The van der Waals surface area contributed by atoms with Crippen LogP contribution >= 0.6 is 11.6 Å². The SMILES string of the molecule is CN1CCC(C(=O)Nc2ccc(-c3ccc(N4CCN(C)CC4)c(Nc4ncnc(Cl)c4N)c3)cc2)CC1. The number of piperidine rings is 1. The predicted octanol–water partition coefficient (Wildman–Crippen LogP) is 4.15. The number of rotatable bonds is 6. The van der Waals surface area contributed by atoms with Gasteiger partial charge in [0.05, 0.1) is 11.4 Å². The molecule has 38 heavy (non-hydrogen) atoms. The summed E-state index contributed by atoms with van der Waals surface area (Å²) in [5.41, 5.74) is 11.4. The highest BCUT2D eigenvalue weighted by atomic mass is 35.5. The van der Waals surface area contributed by atoms with Gasteiger partial charge in [-0.25, -0.2) is 9.97 Å². The number of carbonyl (C=O) groups is 1. The van der Waals surface area contributed by atoms with Crippen molar-refractivity contribution in [2.45, 2.75) is 12.8 Å². The molecule has 2 fully saturated rings. The van der Waals surface area contributed by atoms with Crippen molar-refractivity contribution in [1.82, 2.24) is 19.8 Å². The first-order valence-electron chi connectivity index (χ1n) is 13.1. The van der Waals surface area contributed by atoms with Crippen molar-refractivity contribution >= 4 is 46.1 Å². The summed E-state index contributed by atoms with van der Waals surface area (Å²) in [4.78, 5) is 28.0. The molecule has 3 aromatic rings. The number of anilines is 5. The summed E-state index contributed by atoms with van der Waals surface area (Å²) < 4.78 is 0. The average molecular weight is 535 g/mol. The van der Waals surface area contributed by atoms with Crippen molar-refractivity contribution in [2.24, 2.45) is 5.92 Å². The number of halogens is 1. The standard InChI is InChI=1S/C28H35ClN8O/c1-35-11-9-20(10-12-35)28(38)33-22-6-3-19(4-7-22)21-5-8-24(37-15-13-36(2)14-16-37)23(17-21)34-27-25(30)26(29)31-18-32-27/h3-8,17-18,20H,9-16,30H2,1-2H3,(H,33,38)(H,31,32,34). The van der Waals surface area contributed by atoms with E-state index in [9.17, 15) is 4.79 Å². The lowest BCUT2D eigenvalue weighted by Gasteiger charge is -2.35. The molecule has 9 nitrogen and oxygen atoms in total. The normalized spacial score (nSPS) is 17.4. The Morgan fingerprint density at radius 1 is 0.921 bits per heavy atom. The predicted molar refractivity (Wildman–Crippen MR) is 155 cm³/mol. The maximum Gasteiger partial charge on any atom is 0.227 e. The molecule has 3 heterocycles. The third-order valence-corrected chi connectivity index (χ3v) is 7.81. The van der Waals surface area contributed by atoms with Crippen molar-refractivity contribution in [3.63, 3.8) is 0 Å². The summed E-state index contributed by atoms with van der Waals surface area (Å²) in [7, 11) is 4.24. The first kappa shape index (κ1) is 26.2. The van der Waals surface area contributed by atoms with Crippen LogP contribution in [0, 0.1) is 5.92 Å². The van der Waals surface area contributed by atoms with Crippen LogP contribution in [-0.4, -0.2) is 79.0 Å². The molecule has 0 atom stereocenters. The number of nitrogens with two attached hydrogens (primary N) is 1. The fraction of sp³-hybridized carbons (Fsp3) is 0.393. The zero-order valence-electron chi connectivity index (χ0n) is 22.0. The van der Waals surface area contributed by atoms with E-state index in [4.69, 9.17) is 17.3 Å². The summed E-state index contributed by atoms with van der Waals surface area (Å²) in [6.45, 7) is 5.77. The number of hydrogen-bond acceptors (Lipinski definition) is 8. The Labute approximate surface area is 229 Å². The molecule has 2 aliphatic heterocycles. The molecule has 0 spiro atoms. The smallest absolute Gasteiger partial charge is 0.227 e. The van der Waals surface area contributed by atoms with Gasteiger partial charge in [0, 0.05) is 37.8 Å². The number of nitrogens with zero attached hydrogens (tertiary/aromatic N) is 5. The minimum absolute atomic E-state index is 0.0735. The van der Waals surface area contributed by atoms with Gasteiger partial charge in [0.1, 0.15) is 12.0 Å². The van der Waals surface area contributed by atoms with Crippen LogP contribution in [-0.2, 0) is 4.79 Å². The highest BCUT2D eigenvalue weighted by Gasteiger charge is 2.23. The largest absolute Gasteiger partial charge is 0.393 e. The molecule has 0 unspecified atom stereocenters. The first-order valence-corrected chi connectivity index (χ1v) is 13.5. The topological polar surface area (TPSA) is 103 Å². The summed E-state index contributed by atoms with van der Waals surface area (Å²) in [6, 6.07) is 14.4. The second-order valence-electron chi connectivity index (χ2n) is 10.2. The van der Waals surface area contributed by atoms with E-state index in [1.54, 1.807) is 0 Å². The van der Waals surface area contributed by atoms with E-state index in [0.717, 1.165) is 80.3 Å². The Bertz CT molecular complexity index is 1270. The Kier molecular flexibility index (Phi) is 7.97. The van der Waals surface area contributed by atoms with E-state index < -0.39 is 0 Å². The van der Waals surface area contributed by atoms with Crippen LogP contribution in [0.4, 0.5) is 28.6 Å². The van der Waals surface area contributed by atoms with Crippen LogP contribution in [0.2, 0.25) is 5.15 Å². The van der Waals surface area contributed by atoms with Gasteiger partial charge in [-0.1, -0.05) is 29.8 Å². The Morgan fingerprint density at radius 3 is 2.29 bits per heavy atom. The molecule has 200 valence electrons. The first-order chi connectivity index (χ1) is 18.4. The zero-order chi connectivity index (χ0) is 26.6. The molecule has 0 bridgehead atoms. The van der Waals surface area contributed by atoms with Crippen molar-refractivity contribution in [3.05, 3.63) is 53.9 Å². The summed E-state index contributed by atoms with van der Waals surface area (Å²) in [5.74, 6) is 0.656. The molecule has 10 heteroatoms. The monoisotopic (exact) mass is 534 g/mol. The summed E-state index contributed by atoms with van der Waals surface area (Å²) >= 11 is 6.15. The van der Waals surface area contributed by atoms with Crippen LogP contribution in [0.1, 0.15) is 12.8 Å². The quantitative estimate of drug-likeness (QED) is 0.405. The van der Waals surface area contributed by atoms with Gasteiger partial charge in [0.25, 0.3) is 0 Å². The fourth-order valence-electron chi connectivity index (χ4n) is 5.00. The van der Waals surface area contributed by atoms with Crippen LogP contribution < -0.4 is 21.3 Å². The number of likely N-dealkylation sites (N-methyl/N-ethyl adjacent to an activating group) is 1. The van der Waals surface area contributed by atoms with Crippen molar-refractivity contribution in [1.29, 1.82) is 0 Å². The second-order valence-corrected chi connectivity index (χ2v) is 10.6. The lowest BCUT2D eigenvalue weighted by molar-refractivity contribution is -0.121. The van der Waals surface area contributed by atoms with Crippen LogP contribution in [0.15, 0.2) is 48.8 Å². The molecule has 4 N–H and O–H groups in total. The van der Waals surface area contributed by atoms with E-state index in [-0.39, 0.29) is 17.0 Å². The third kappa shape index (κ3) is 6.01. The van der Waals surface area contributed by atoms with Crippen molar-refractivity contribution in [2.75, 3.05) is 74.6 Å². The number of benzene rings is 2. The lowest BCUT2D eigenvalue weighted by Crippen LogP contribution is -2.44. The number of carbonyl (C=O) groups excluding carboxylic acids is 1. The molecular formula is C28H35ClN8O. The fourth-order valence-corrected chi connectivity index (χ4v) is 5.13. The highest BCUT2D eigenvalue weighted by molar-refractivity contribution is 6.32. The van der Waals surface area contributed by atoms with Gasteiger partial charge >= 0.3 is 0 Å². The van der Waals surface area contributed by atoms with Crippen LogP contribution in [0.25, 0.3) is 11.1 Å². The van der Waals surface area contributed by atoms with E-state index in [2.05, 4.69) is 67.6 Å².